The van der Waals surface area contributed by atoms with Crippen LogP contribution in [0.25, 0.3) is 0 Å². The van der Waals surface area contributed by atoms with E-state index in [0.29, 0.717) is 42.5 Å². The summed E-state index contributed by atoms with van der Waals surface area (Å²) in [6.45, 7) is 9.44. The second-order valence-corrected chi connectivity index (χ2v) is 11.7. The Balaban J connectivity index is 1.43. The van der Waals surface area contributed by atoms with Gasteiger partial charge in [-0.1, -0.05) is 13.8 Å². The smallest absolute Gasteiger partial charge is 0.163 e. The van der Waals surface area contributed by atoms with Crippen molar-refractivity contribution >= 4 is 5.78 Å². The van der Waals surface area contributed by atoms with Gasteiger partial charge in [0, 0.05) is 12.3 Å². The molecule has 0 amide bonds. The van der Waals surface area contributed by atoms with Gasteiger partial charge in [-0.15, -0.1) is 0 Å². The Kier molecular flexibility index (Phi) is 4.37. The maximum absolute atomic E-state index is 13.7. The van der Waals surface area contributed by atoms with Crippen molar-refractivity contribution in [3.63, 3.8) is 0 Å². The van der Waals surface area contributed by atoms with Crippen molar-refractivity contribution in [2.75, 3.05) is 6.61 Å². The average Bonchev–Trinajstić information content (AvgIpc) is 3.13. The van der Waals surface area contributed by atoms with Crippen LogP contribution < -0.4 is 0 Å². The highest BCUT2D eigenvalue weighted by molar-refractivity contribution is 5.84. The Morgan fingerprint density at radius 1 is 0.964 bits per heavy atom. The average molecular weight is 391 g/mol. The van der Waals surface area contributed by atoms with Crippen molar-refractivity contribution in [1.29, 1.82) is 0 Å². The van der Waals surface area contributed by atoms with Crippen LogP contribution in [-0.2, 0) is 14.3 Å². The summed E-state index contributed by atoms with van der Waals surface area (Å²) in [5, 5.41) is 10.2. The first-order valence-electron chi connectivity index (χ1n) is 11.7. The molecule has 0 aromatic rings. The SMILES string of the molecule is CC1(C)OC[C@H]([C@H]2CC[C@H]3[C@@H]4CC[C@@H]5C[C@H](O)CC[C@]5(C)[C@H]4C(=O)C[C@]23C)O1. The number of carbonyl (C=O) groups is 1. The van der Waals surface area contributed by atoms with Gasteiger partial charge in [0.2, 0.25) is 0 Å². The van der Waals surface area contributed by atoms with Crippen molar-refractivity contribution in [2.45, 2.75) is 97.1 Å². The molecule has 0 aromatic heterocycles. The van der Waals surface area contributed by atoms with Gasteiger partial charge in [-0.2, -0.15) is 0 Å². The van der Waals surface area contributed by atoms with Gasteiger partial charge >= 0.3 is 0 Å². The second kappa shape index (κ2) is 6.28. The Hall–Kier alpha value is -0.450. The quantitative estimate of drug-likeness (QED) is 0.724. The van der Waals surface area contributed by atoms with E-state index >= 15 is 0 Å². The number of Topliss-reactive ketones (excluding diaryl/α,β-unsaturated/α-hetero) is 1. The van der Waals surface area contributed by atoms with Crippen LogP contribution in [0.2, 0.25) is 0 Å². The molecule has 5 aliphatic rings. The molecule has 0 radical (unpaired) electrons. The number of hydrogen-bond donors (Lipinski definition) is 1. The summed E-state index contributed by atoms with van der Waals surface area (Å²) < 4.78 is 12.2. The van der Waals surface area contributed by atoms with Gasteiger partial charge in [0.25, 0.3) is 0 Å². The van der Waals surface area contributed by atoms with E-state index in [4.69, 9.17) is 9.47 Å². The fourth-order valence-electron chi connectivity index (χ4n) is 8.61. The number of carbonyl (C=O) groups excluding carboxylic acids is 1. The number of ketones is 1. The lowest BCUT2D eigenvalue weighted by Gasteiger charge is -2.60. The third-order valence-electron chi connectivity index (χ3n) is 9.87. The van der Waals surface area contributed by atoms with E-state index in [0.717, 1.165) is 19.3 Å². The molecule has 4 aliphatic carbocycles. The van der Waals surface area contributed by atoms with E-state index in [1.54, 1.807) is 0 Å². The van der Waals surface area contributed by atoms with Crippen molar-refractivity contribution in [1.82, 2.24) is 0 Å². The third kappa shape index (κ3) is 2.70. The minimum Gasteiger partial charge on any atom is -0.393 e. The molecule has 0 aromatic carbocycles. The Morgan fingerprint density at radius 3 is 2.43 bits per heavy atom. The van der Waals surface area contributed by atoms with Crippen molar-refractivity contribution in [3.8, 4) is 0 Å². The lowest BCUT2D eigenvalue weighted by Crippen LogP contribution is -2.58. The summed E-state index contributed by atoms with van der Waals surface area (Å²) in [5.74, 6) is 2.36. The minimum absolute atomic E-state index is 0.0596. The lowest BCUT2D eigenvalue weighted by atomic mass is 9.44. The molecule has 9 atom stereocenters. The molecule has 0 unspecified atom stereocenters. The highest BCUT2D eigenvalue weighted by atomic mass is 16.7. The zero-order chi connectivity index (χ0) is 19.9. The van der Waals surface area contributed by atoms with E-state index < -0.39 is 5.79 Å². The number of rotatable bonds is 1. The normalized spacial score (nSPS) is 55.5. The first-order chi connectivity index (χ1) is 13.1. The molecule has 4 saturated carbocycles. The highest BCUT2D eigenvalue weighted by Crippen LogP contribution is 2.67. The summed E-state index contributed by atoms with van der Waals surface area (Å²) in [6, 6.07) is 0. The maximum atomic E-state index is 13.7. The zero-order valence-corrected chi connectivity index (χ0v) is 18.1. The first kappa shape index (κ1) is 19.5. The lowest BCUT2D eigenvalue weighted by molar-refractivity contribution is -0.170. The van der Waals surface area contributed by atoms with Crippen LogP contribution in [-0.4, -0.2) is 35.5 Å². The molecule has 1 aliphatic heterocycles. The number of ether oxygens (including phenoxy) is 2. The summed E-state index contributed by atoms with van der Waals surface area (Å²) in [7, 11) is 0. The highest BCUT2D eigenvalue weighted by Gasteiger charge is 2.64. The fraction of sp³-hybridized carbons (Fsp3) is 0.958. The zero-order valence-electron chi connectivity index (χ0n) is 18.1. The van der Waals surface area contributed by atoms with E-state index in [-0.39, 0.29) is 29.0 Å². The van der Waals surface area contributed by atoms with E-state index in [2.05, 4.69) is 13.8 Å². The number of hydrogen-bond acceptors (Lipinski definition) is 4. The van der Waals surface area contributed by atoms with Gasteiger partial charge in [0.15, 0.2) is 5.79 Å². The molecule has 5 rings (SSSR count). The van der Waals surface area contributed by atoms with Crippen LogP contribution in [0, 0.1) is 40.4 Å². The molecule has 28 heavy (non-hydrogen) atoms. The van der Waals surface area contributed by atoms with Crippen molar-refractivity contribution in [2.24, 2.45) is 40.4 Å². The minimum atomic E-state index is -0.491. The molecule has 1 saturated heterocycles. The monoisotopic (exact) mass is 390 g/mol. The van der Waals surface area contributed by atoms with Crippen molar-refractivity contribution < 1.29 is 19.4 Å². The Morgan fingerprint density at radius 2 is 1.71 bits per heavy atom. The van der Waals surface area contributed by atoms with Crippen LogP contribution in [0.4, 0.5) is 0 Å². The molecular formula is C24H38O4. The fourth-order valence-corrected chi connectivity index (χ4v) is 8.61. The summed E-state index contributed by atoms with van der Waals surface area (Å²) in [5.41, 5.74) is 0.164. The molecular weight excluding hydrogens is 352 g/mol. The molecule has 5 fully saturated rings. The molecule has 0 spiro atoms. The summed E-state index contributed by atoms with van der Waals surface area (Å²) in [4.78, 5) is 13.7. The van der Waals surface area contributed by atoms with Gasteiger partial charge in [-0.05, 0) is 93.3 Å². The first-order valence-corrected chi connectivity index (χ1v) is 11.7. The molecule has 0 bridgehead atoms. The Bertz CT molecular complexity index is 659. The largest absolute Gasteiger partial charge is 0.393 e. The van der Waals surface area contributed by atoms with E-state index in [9.17, 15) is 9.90 Å². The Labute approximate surface area is 169 Å². The molecule has 1 heterocycles. The number of aliphatic hydroxyl groups excluding tert-OH is 1. The summed E-state index contributed by atoms with van der Waals surface area (Å²) in [6.07, 6.45) is 8.25. The topological polar surface area (TPSA) is 55.8 Å². The van der Waals surface area contributed by atoms with Crippen LogP contribution in [0.1, 0.15) is 79.1 Å². The molecule has 4 nitrogen and oxygen atoms in total. The van der Waals surface area contributed by atoms with Gasteiger partial charge in [-0.25, -0.2) is 0 Å². The standard InChI is InChI=1S/C24H38O4/c1-22(2)27-13-20(28-22)18-8-7-17-16-6-5-14-11-15(25)9-10-23(14,3)21(16)19(26)12-24(17,18)4/h14-18,20-21,25H,5-13H2,1-4H3/t14-,15-,16+,17+,18-,20-,21-,23+,24+/m1/s1. The number of fused-ring (bicyclic) bond motifs is 5. The van der Waals surface area contributed by atoms with Gasteiger partial charge < -0.3 is 14.6 Å². The predicted molar refractivity (Wildman–Crippen MR) is 107 cm³/mol. The maximum Gasteiger partial charge on any atom is 0.163 e. The van der Waals surface area contributed by atoms with E-state index in [1.807, 2.05) is 13.8 Å². The predicted octanol–water partition coefficient (Wildman–Crippen LogP) is 4.34. The molecule has 1 N–H and O–H groups in total. The second-order valence-electron chi connectivity index (χ2n) is 11.7. The van der Waals surface area contributed by atoms with Crippen LogP contribution in [0.5, 0.6) is 0 Å². The van der Waals surface area contributed by atoms with Gasteiger partial charge in [0.1, 0.15) is 5.78 Å². The molecule has 4 heteroatoms. The number of aliphatic hydroxyl groups is 1. The van der Waals surface area contributed by atoms with Crippen LogP contribution in [0.15, 0.2) is 0 Å². The van der Waals surface area contributed by atoms with Crippen LogP contribution >= 0.6 is 0 Å². The van der Waals surface area contributed by atoms with Gasteiger partial charge in [-0.3, -0.25) is 4.79 Å². The van der Waals surface area contributed by atoms with Crippen molar-refractivity contribution in [3.05, 3.63) is 0 Å². The molecule has 158 valence electrons. The van der Waals surface area contributed by atoms with Gasteiger partial charge in [0.05, 0.1) is 18.8 Å². The third-order valence-corrected chi connectivity index (χ3v) is 9.87. The summed E-state index contributed by atoms with van der Waals surface area (Å²) >= 11 is 0. The van der Waals surface area contributed by atoms with E-state index in [1.165, 1.54) is 25.7 Å². The van der Waals surface area contributed by atoms with Crippen LogP contribution in [0.3, 0.4) is 0 Å².